The molecular weight excluding hydrogens is 310 g/mol. The smallest absolute Gasteiger partial charge is 0.326 e. The molecule has 1 fully saturated rings. The Morgan fingerprint density at radius 1 is 1.52 bits per heavy atom. The van der Waals surface area contributed by atoms with Gasteiger partial charge < -0.3 is 27.2 Å². The summed E-state index contributed by atoms with van der Waals surface area (Å²) in [6.45, 7) is 0.302. The van der Waals surface area contributed by atoms with Crippen LogP contribution < -0.4 is 22.6 Å². The van der Waals surface area contributed by atoms with Crippen molar-refractivity contribution >= 4 is 17.8 Å². The van der Waals surface area contributed by atoms with E-state index in [-0.39, 0.29) is 37.9 Å². The number of rotatable bonds is 7. The number of guanidine groups is 1. The molecule has 130 valence electrons. The summed E-state index contributed by atoms with van der Waals surface area (Å²) in [6, 6.07) is -2.23. The molecule has 0 aromatic rings. The van der Waals surface area contributed by atoms with Crippen LogP contribution >= 0.6 is 0 Å². The van der Waals surface area contributed by atoms with E-state index in [1.807, 2.05) is 0 Å². The molecule has 0 saturated carbocycles. The Labute approximate surface area is 131 Å². The minimum Gasteiger partial charge on any atom is -0.480 e. The number of hydrazine groups is 1. The number of hydrogen-bond acceptors (Lipinski definition) is 7. The summed E-state index contributed by atoms with van der Waals surface area (Å²) < 4.78 is 0. The highest BCUT2D eigenvalue weighted by Gasteiger charge is 2.39. The SMILES string of the molecule is NC(=NCCC[C@H](N)C(=O)N1C[C@@H](N)C[C@@H]1C(=O)O)N[N+](=O)[O-]. The van der Waals surface area contributed by atoms with Gasteiger partial charge in [-0.2, -0.15) is 0 Å². The van der Waals surface area contributed by atoms with Gasteiger partial charge in [-0.05, 0) is 19.3 Å². The van der Waals surface area contributed by atoms with Crippen molar-refractivity contribution in [2.24, 2.45) is 22.2 Å². The van der Waals surface area contributed by atoms with E-state index in [2.05, 4.69) is 4.99 Å². The van der Waals surface area contributed by atoms with Crippen molar-refractivity contribution in [3.05, 3.63) is 10.1 Å². The van der Waals surface area contributed by atoms with E-state index in [4.69, 9.17) is 22.3 Å². The predicted molar refractivity (Wildman–Crippen MR) is 79.6 cm³/mol. The normalized spacial score (nSPS) is 22.7. The highest BCUT2D eigenvalue weighted by Crippen LogP contribution is 2.18. The van der Waals surface area contributed by atoms with Crippen LogP contribution in [0.15, 0.2) is 4.99 Å². The molecule has 8 N–H and O–H groups in total. The number of amides is 1. The van der Waals surface area contributed by atoms with Gasteiger partial charge in [0.15, 0.2) is 5.03 Å². The van der Waals surface area contributed by atoms with Gasteiger partial charge in [0.1, 0.15) is 6.04 Å². The van der Waals surface area contributed by atoms with E-state index in [1.165, 1.54) is 4.90 Å². The fourth-order valence-electron chi connectivity index (χ4n) is 2.32. The summed E-state index contributed by atoms with van der Waals surface area (Å²) in [5.74, 6) is -1.93. The van der Waals surface area contributed by atoms with Crippen molar-refractivity contribution in [3.8, 4) is 0 Å². The summed E-state index contributed by atoms with van der Waals surface area (Å²) in [7, 11) is 0. The Kier molecular flexibility index (Phi) is 6.65. The number of nitro groups is 1. The van der Waals surface area contributed by atoms with Crippen LogP contribution in [0.2, 0.25) is 0 Å². The van der Waals surface area contributed by atoms with E-state index >= 15 is 0 Å². The lowest BCUT2D eigenvalue weighted by Crippen LogP contribution is -2.48. The summed E-state index contributed by atoms with van der Waals surface area (Å²) in [5.41, 5.74) is 18.4. The molecule has 12 nitrogen and oxygen atoms in total. The molecule has 12 heteroatoms. The number of aliphatic imine (C=N–C) groups is 1. The molecule has 23 heavy (non-hydrogen) atoms. The third-order valence-corrected chi connectivity index (χ3v) is 3.38. The van der Waals surface area contributed by atoms with Gasteiger partial charge >= 0.3 is 5.97 Å². The molecule has 1 saturated heterocycles. The number of carbonyl (C=O) groups excluding carboxylic acids is 1. The second-order valence-electron chi connectivity index (χ2n) is 5.23. The van der Waals surface area contributed by atoms with E-state index < -0.39 is 29.0 Å². The van der Waals surface area contributed by atoms with E-state index in [9.17, 15) is 19.7 Å². The van der Waals surface area contributed by atoms with Crippen LogP contribution in [0.5, 0.6) is 0 Å². The van der Waals surface area contributed by atoms with Gasteiger partial charge in [-0.3, -0.25) is 4.79 Å². The third-order valence-electron chi connectivity index (χ3n) is 3.38. The Hall–Kier alpha value is -2.47. The molecule has 0 spiro atoms. The number of carboxylic acid groups (broad SMARTS) is 1. The first-order chi connectivity index (χ1) is 10.7. The minimum atomic E-state index is -1.11. The standard InChI is InChI=1S/C11H21N7O5/c12-6-4-8(10(20)21)17(5-6)9(19)7(13)2-1-3-15-11(14)16-18(22)23/h6-8H,1-5,12-13H2,(H,20,21)(H3,14,15,16)/t6-,7-,8+/m0/s1. The molecule has 1 heterocycles. The average Bonchev–Trinajstić information content (AvgIpc) is 2.84. The summed E-state index contributed by atoms with van der Waals surface area (Å²) >= 11 is 0. The van der Waals surface area contributed by atoms with Crippen LogP contribution in [0.3, 0.4) is 0 Å². The van der Waals surface area contributed by atoms with Gasteiger partial charge in [-0.1, -0.05) is 5.43 Å². The first-order valence-corrected chi connectivity index (χ1v) is 6.97. The summed E-state index contributed by atoms with van der Waals surface area (Å²) in [4.78, 5) is 38.3. The molecule has 0 aromatic carbocycles. The van der Waals surface area contributed by atoms with E-state index in [0.29, 0.717) is 6.42 Å². The average molecular weight is 331 g/mol. The molecule has 0 aliphatic carbocycles. The number of nitrogens with zero attached hydrogens (tertiary/aromatic N) is 3. The van der Waals surface area contributed by atoms with Crippen LogP contribution in [0, 0.1) is 10.1 Å². The Bertz CT molecular complexity index is 497. The zero-order chi connectivity index (χ0) is 17.6. The van der Waals surface area contributed by atoms with Crippen molar-refractivity contribution in [1.82, 2.24) is 10.3 Å². The van der Waals surface area contributed by atoms with Crippen molar-refractivity contribution in [2.45, 2.75) is 37.4 Å². The maximum absolute atomic E-state index is 12.2. The fourth-order valence-corrected chi connectivity index (χ4v) is 2.32. The van der Waals surface area contributed by atoms with Crippen molar-refractivity contribution in [2.75, 3.05) is 13.1 Å². The number of nitrogens with two attached hydrogens (primary N) is 3. The van der Waals surface area contributed by atoms with E-state index in [0.717, 1.165) is 0 Å². The second-order valence-corrected chi connectivity index (χ2v) is 5.23. The van der Waals surface area contributed by atoms with E-state index in [1.54, 1.807) is 5.43 Å². The Morgan fingerprint density at radius 2 is 2.17 bits per heavy atom. The molecule has 1 aliphatic rings. The second kappa shape index (κ2) is 8.24. The van der Waals surface area contributed by atoms with Gasteiger partial charge in [0.2, 0.25) is 5.91 Å². The van der Waals surface area contributed by atoms with Crippen molar-refractivity contribution in [1.29, 1.82) is 0 Å². The topological polar surface area (TPSA) is 203 Å². The van der Waals surface area contributed by atoms with Crippen LogP contribution in [0.4, 0.5) is 0 Å². The summed E-state index contributed by atoms with van der Waals surface area (Å²) in [5, 5.41) is 18.4. The Morgan fingerprint density at radius 3 is 2.74 bits per heavy atom. The highest BCUT2D eigenvalue weighted by atomic mass is 16.7. The quantitative estimate of drug-likeness (QED) is 0.107. The van der Waals surface area contributed by atoms with Gasteiger partial charge in [-0.25, -0.2) is 19.9 Å². The van der Waals surface area contributed by atoms with Gasteiger partial charge in [0.05, 0.1) is 6.04 Å². The molecule has 0 radical (unpaired) electrons. The zero-order valence-corrected chi connectivity index (χ0v) is 12.4. The van der Waals surface area contributed by atoms with Crippen LogP contribution in [-0.2, 0) is 9.59 Å². The van der Waals surface area contributed by atoms with Crippen LogP contribution in [0.1, 0.15) is 19.3 Å². The number of carboxylic acids is 1. The monoisotopic (exact) mass is 331 g/mol. The molecule has 0 bridgehead atoms. The maximum atomic E-state index is 12.2. The molecule has 0 aromatic heterocycles. The summed E-state index contributed by atoms with van der Waals surface area (Å²) in [6.07, 6.45) is 0.804. The number of aliphatic carboxylic acids is 1. The van der Waals surface area contributed by atoms with Gasteiger partial charge in [0, 0.05) is 19.1 Å². The first-order valence-electron chi connectivity index (χ1n) is 6.97. The maximum Gasteiger partial charge on any atom is 0.326 e. The molecule has 1 aliphatic heterocycles. The molecule has 0 unspecified atom stereocenters. The van der Waals surface area contributed by atoms with Gasteiger partial charge in [0.25, 0.3) is 5.96 Å². The zero-order valence-electron chi connectivity index (χ0n) is 12.4. The lowest BCUT2D eigenvalue weighted by atomic mass is 10.1. The fraction of sp³-hybridized carbons (Fsp3) is 0.727. The molecule has 1 rings (SSSR count). The highest BCUT2D eigenvalue weighted by molar-refractivity contribution is 5.87. The largest absolute Gasteiger partial charge is 0.480 e. The van der Waals surface area contributed by atoms with Crippen molar-refractivity contribution < 1.29 is 19.7 Å². The molecule has 1 amide bonds. The number of hydrogen-bond donors (Lipinski definition) is 5. The predicted octanol–water partition coefficient (Wildman–Crippen LogP) is -2.80. The van der Waals surface area contributed by atoms with Crippen LogP contribution in [0.25, 0.3) is 0 Å². The molecular formula is C11H21N7O5. The molecule has 3 atom stereocenters. The van der Waals surface area contributed by atoms with Gasteiger partial charge in [-0.15, -0.1) is 0 Å². The lowest BCUT2D eigenvalue weighted by Gasteiger charge is -2.24. The first kappa shape index (κ1) is 18.6. The lowest BCUT2D eigenvalue weighted by molar-refractivity contribution is -0.525. The Balaban J connectivity index is 2.45. The number of nitrogens with one attached hydrogen (secondary N) is 1. The third kappa shape index (κ3) is 5.67. The number of likely N-dealkylation sites (tertiary alicyclic amines) is 1. The van der Waals surface area contributed by atoms with Crippen LogP contribution in [-0.4, -0.2) is 64.1 Å². The number of carbonyl (C=O) groups is 2. The minimum absolute atomic E-state index is 0.148. The van der Waals surface area contributed by atoms with Crippen molar-refractivity contribution in [3.63, 3.8) is 0 Å².